The molecule has 1 aromatic carbocycles. The van der Waals surface area contributed by atoms with Crippen LogP contribution in [0.15, 0.2) is 47.1 Å². The van der Waals surface area contributed by atoms with Crippen LogP contribution < -0.4 is 4.90 Å². The fraction of sp³-hybridized carbons (Fsp3) is 0.133. The second-order valence-corrected chi connectivity index (χ2v) is 5.55. The summed E-state index contributed by atoms with van der Waals surface area (Å²) in [4.78, 5) is 29.6. The molecule has 0 fully saturated rings. The molecular formula is C15H11BrN2O3. The molecule has 0 radical (unpaired) electrons. The smallest absolute Gasteiger partial charge is 0.327 e. The predicted molar refractivity (Wildman–Crippen MR) is 80.3 cm³/mol. The monoisotopic (exact) mass is 346 g/mol. The Balaban J connectivity index is 2.08. The number of carboxylic acid groups (broad SMARTS) is 1. The average molecular weight is 347 g/mol. The van der Waals surface area contributed by atoms with Crippen LogP contribution in [0.3, 0.4) is 0 Å². The summed E-state index contributed by atoms with van der Waals surface area (Å²) >= 11 is 3.28. The van der Waals surface area contributed by atoms with E-state index in [0.29, 0.717) is 16.6 Å². The van der Waals surface area contributed by atoms with E-state index in [1.165, 1.54) is 11.1 Å². The van der Waals surface area contributed by atoms with Gasteiger partial charge in [-0.25, -0.2) is 9.78 Å². The number of benzene rings is 1. The molecule has 1 aliphatic rings. The summed E-state index contributed by atoms with van der Waals surface area (Å²) in [5, 5.41) is 9.39. The quantitative estimate of drug-likeness (QED) is 0.906. The highest BCUT2D eigenvalue weighted by molar-refractivity contribution is 9.10. The number of carbonyl (C=O) groups excluding carboxylic acids is 1. The number of para-hydroxylation sites is 1. The highest BCUT2D eigenvalue weighted by Gasteiger charge is 2.39. The van der Waals surface area contributed by atoms with Gasteiger partial charge in [-0.2, -0.15) is 0 Å². The highest BCUT2D eigenvalue weighted by Crippen LogP contribution is 2.34. The lowest BCUT2D eigenvalue weighted by molar-refractivity contribution is -0.138. The van der Waals surface area contributed by atoms with E-state index in [9.17, 15) is 14.7 Å². The van der Waals surface area contributed by atoms with Gasteiger partial charge in [-0.15, -0.1) is 0 Å². The molecule has 1 N–H and O–H groups in total. The number of anilines is 1. The van der Waals surface area contributed by atoms with Gasteiger partial charge in [0.25, 0.3) is 5.91 Å². The van der Waals surface area contributed by atoms with Crippen molar-refractivity contribution in [2.75, 3.05) is 4.90 Å². The normalized spacial score (nSPS) is 16.6. The second-order valence-electron chi connectivity index (χ2n) is 4.70. The van der Waals surface area contributed by atoms with Crippen LogP contribution in [0.1, 0.15) is 16.1 Å². The number of nitrogens with zero attached hydrogens (tertiary/aromatic N) is 2. The molecule has 1 aromatic heterocycles. The summed E-state index contributed by atoms with van der Waals surface area (Å²) in [6.45, 7) is 0. The molecule has 5 nitrogen and oxygen atoms in total. The van der Waals surface area contributed by atoms with E-state index in [2.05, 4.69) is 20.9 Å². The number of pyridine rings is 1. The van der Waals surface area contributed by atoms with E-state index in [1.807, 2.05) is 12.1 Å². The zero-order valence-corrected chi connectivity index (χ0v) is 12.4. The molecule has 3 rings (SSSR count). The third kappa shape index (κ3) is 2.31. The maximum atomic E-state index is 12.7. The molecule has 0 bridgehead atoms. The minimum atomic E-state index is -1.02. The first-order chi connectivity index (χ1) is 10.1. The van der Waals surface area contributed by atoms with Crippen molar-refractivity contribution < 1.29 is 14.7 Å². The summed E-state index contributed by atoms with van der Waals surface area (Å²) in [6.07, 6.45) is 1.82. The molecule has 1 amide bonds. The van der Waals surface area contributed by atoms with Crippen molar-refractivity contribution in [3.8, 4) is 0 Å². The van der Waals surface area contributed by atoms with Crippen molar-refractivity contribution in [2.24, 2.45) is 0 Å². The number of halogens is 1. The standard InChI is InChI=1S/C15H11BrN2O3/c16-10-5-3-7-17-13(10)14(19)18-11-6-2-1-4-9(11)8-12(18)15(20)21/h1-7,12H,8H2,(H,20,21). The van der Waals surface area contributed by atoms with Gasteiger partial charge in [0.2, 0.25) is 0 Å². The van der Waals surface area contributed by atoms with Gasteiger partial charge in [0.15, 0.2) is 0 Å². The molecule has 2 aromatic rings. The van der Waals surface area contributed by atoms with Crippen LogP contribution in [0.25, 0.3) is 0 Å². The number of hydrogen-bond donors (Lipinski definition) is 1. The number of carboxylic acids is 1. The number of carbonyl (C=O) groups is 2. The summed E-state index contributed by atoms with van der Waals surface area (Å²) in [6, 6.07) is 9.73. The lowest BCUT2D eigenvalue weighted by Crippen LogP contribution is -2.43. The summed E-state index contributed by atoms with van der Waals surface area (Å²) in [5.41, 5.74) is 1.69. The first-order valence-electron chi connectivity index (χ1n) is 6.34. The minimum absolute atomic E-state index is 0.209. The minimum Gasteiger partial charge on any atom is -0.480 e. The van der Waals surface area contributed by atoms with Crippen molar-refractivity contribution in [1.82, 2.24) is 4.98 Å². The Bertz CT molecular complexity index is 732. The van der Waals surface area contributed by atoms with E-state index in [1.54, 1.807) is 24.3 Å². The van der Waals surface area contributed by atoms with Gasteiger partial charge >= 0.3 is 5.97 Å². The van der Waals surface area contributed by atoms with E-state index >= 15 is 0 Å². The highest BCUT2D eigenvalue weighted by atomic mass is 79.9. The van der Waals surface area contributed by atoms with Gasteiger partial charge in [-0.1, -0.05) is 18.2 Å². The van der Waals surface area contributed by atoms with Crippen LogP contribution >= 0.6 is 15.9 Å². The first kappa shape index (κ1) is 13.8. The van der Waals surface area contributed by atoms with Crippen LogP contribution in [0.5, 0.6) is 0 Å². The van der Waals surface area contributed by atoms with Crippen molar-refractivity contribution in [3.05, 3.63) is 58.3 Å². The first-order valence-corrected chi connectivity index (χ1v) is 7.13. The summed E-state index contributed by atoms with van der Waals surface area (Å²) in [5.74, 6) is -1.44. The molecule has 1 atom stereocenters. The Labute approximate surface area is 129 Å². The lowest BCUT2D eigenvalue weighted by atomic mass is 10.1. The zero-order chi connectivity index (χ0) is 15.0. The Morgan fingerprint density at radius 3 is 2.71 bits per heavy atom. The molecular weight excluding hydrogens is 336 g/mol. The summed E-state index contributed by atoms with van der Waals surface area (Å²) in [7, 11) is 0. The summed E-state index contributed by atoms with van der Waals surface area (Å²) < 4.78 is 0.545. The third-order valence-electron chi connectivity index (χ3n) is 3.44. The molecule has 2 heterocycles. The lowest BCUT2D eigenvalue weighted by Gasteiger charge is -2.22. The van der Waals surface area contributed by atoms with E-state index in [4.69, 9.17) is 0 Å². The number of aliphatic carboxylic acids is 1. The van der Waals surface area contributed by atoms with Crippen molar-refractivity contribution in [1.29, 1.82) is 0 Å². The fourth-order valence-corrected chi connectivity index (χ4v) is 2.92. The Kier molecular flexibility index (Phi) is 3.47. The average Bonchev–Trinajstić information content (AvgIpc) is 2.86. The molecule has 1 aliphatic heterocycles. The van der Waals surface area contributed by atoms with Crippen LogP contribution in [0.4, 0.5) is 5.69 Å². The zero-order valence-electron chi connectivity index (χ0n) is 10.9. The Hall–Kier alpha value is -2.21. The maximum Gasteiger partial charge on any atom is 0.327 e. The maximum absolute atomic E-state index is 12.7. The van der Waals surface area contributed by atoms with Gasteiger partial charge in [0.1, 0.15) is 11.7 Å². The van der Waals surface area contributed by atoms with Gasteiger partial charge in [0, 0.05) is 22.8 Å². The third-order valence-corrected chi connectivity index (χ3v) is 4.08. The molecule has 0 saturated heterocycles. The second kappa shape index (κ2) is 5.29. The van der Waals surface area contributed by atoms with Crippen LogP contribution in [-0.2, 0) is 11.2 Å². The number of amides is 1. The van der Waals surface area contributed by atoms with Crippen molar-refractivity contribution in [3.63, 3.8) is 0 Å². The Morgan fingerprint density at radius 2 is 2.00 bits per heavy atom. The van der Waals surface area contributed by atoms with Crippen molar-refractivity contribution >= 4 is 33.5 Å². The number of hydrogen-bond acceptors (Lipinski definition) is 3. The topological polar surface area (TPSA) is 70.5 Å². The van der Waals surface area contributed by atoms with E-state index in [-0.39, 0.29) is 5.69 Å². The van der Waals surface area contributed by atoms with E-state index < -0.39 is 17.9 Å². The predicted octanol–water partition coefficient (Wildman–Crippen LogP) is 2.50. The largest absolute Gasteiger partial charge is 0.480 e. The van der Waals surface area contributed by atoms with Crippen molar-refractivity contribution in [2.45, 2.75) is 12.5 Å². The molecule has 1 unspecified atom stereocenters. The molecule has 6 heteroatoms. The molecule has 21 heavy (non-hydrogen) atoms. The Morgan fingerprint density at radius 1 is 1.24 bits per heavy atom. The SMILES string of the molecule is O=C(O)C1Cc2ccccc2N1C(=O)c1ncccc1Br. The van der Waals surface area contributed by atoms with E-state index in [0.717, 1.165) is 5.56 Å². The molecule has 0 saturated carbocycles. The van der Waals surface area contributed by atoms with Gasteiger partial charge in [-0.3, -0.25) is 9.69 Å². The van der Waals surface area contributed by atoms with Gasteiger partial charge in [-0.05, 0) is 39.7 Å². The fourth-order valence-electron chi connectivity index (χ4n) is 2.49. The van der Waals surface area contributed by atoms with Gasteiger partial charge in [0.05, 0.1) is 0 Å². The van der Waals surface area contributed by atoms with Crippen LogP contribution in [0, 0.1) is 0 Å². The number of aromatic nitrogens is 1. The van der Waals surface area contributed by atoms with Gasteiger partial charge < -0.3 is 5.11 Å². The van der Waals surface area contributed by atoms with Crippen LogP contribution in [-0.4, -0.2) is 28.0 Å². The molecule has 106 valence electrons. The number of rotatable bonds is 2. The molecule has 0 aliphatic carbocycles. The molecule has 0 spiro atoms. The van der Waals surface area contributed by atoms with Crippen LogP contribution in [0.2, 0.25) is 0 Å². The number of fused-ring (bicyclic) bond motifs is 1.